The van der Waals surface area contributed by atoms with Gasteiger partial charge in [-0.25, -0.2) is 4.98 Å². The van der Waals surface area contributed by atoms with E-state index in [1.807, 2.05) is 32.0 Å². The SMILES string of the molecule is COc1ccc2nc([S@](=O)Cc3ncc(C)c(Cl)c3C)[nH]c2c1. The number of nitrogens with zero attached hydrogens (tertiary/aromatic N) is 2. The van der Waals surface area contributed by atoms with Crippen molar-refractivity contribution in [3.63, 3.8) is 0 Å². The summed E-state index contributed by atoms with van der Waals surface area (Å²) in [5.74, 6) is 0.990. The molecule has 7 heteroatoms. The molecule has 0 amide bonds. The van der Waals surface area contributed by atoms with E-state index in [1.165, 1.54) is 0 Å². The first-order chi connectivity index (χ1) is 11.0. The average Bonchev–Trinajstić information content (AvgIpc) is 2.98. The van der Waals surface area contributed by atoms with Gasteiger partial charge in [-0.15, -0.1) is 0 Å². The molecule has 23 heavy (non-hydrogen) atoms. The molecule has 0 spiro atoms. The lowest BCUT2D eigenvalue weighted by atomic mass is 10.2. The maximum Gasteiger partial charge on any atom is 0.197 e. The summed E-state index contributed by atoms with van der Waals surface area (Å²) >= 11 is 6.23. The number of rotatable bonds is 4. The molecule has 0 aliphatic rings. The number of hydrogen-bond donors (Lipinski definition) is 1. The van der Waals surface area contributed by atoms with Crippen LogP contribution in [0.25, 0.3) is 11.0 Å². The molecule has 1 N–H and O–H groups in total. The van der Waals surface area contributed by atoms with Crippen molar-refractivity contribution >= 4 is 33.4 Å². The van der Waals surface area contributed by atoms with E-state index >= 15 is 0 Å². The number of ether oxygens (including phenoxy) is 1. The van der Waals surface area contributed by atoms with Gasteiger partial charge < -0.3 is 9.72 Å². The van der Waals surface area contributed by atoms with Crippen LogP contribution in [-0.2, 0) is 16.6 Å². The fraction of sp³-hybridized carbons (Fsp3) is 0.250. The number of hydrogen-bond acceptors (Lipinski definition) is 4. The molecule has 0 aliphatic heterocycles. The molecule has 0 bridgehead atoms. The van der Waals surface area contributed by atoms with E-state index in [0.29, 0.717) is 10.2 Å². The smallest absolute Gasteiger partial charge is 0.197 e. The number of aromatic amines is 1. The Morgan fingerprint density at radius 3 is 2.87 bits per heavy atom. The van der Waals surface area contributed by atoms with Gasteiger partial charge in [0.05, 0.1) is 40.4 Å². The molecule has 2 aromatic heterocycles. The monoisotopic (exact) mass is 349 g/mol. The summed E-state index contributed by atoms with van der Waals surface area (Å²) in [7, 11) is 0.274. The van der Waals surface area contributed by atoms with Gasteiger partial charge in [0.1, 0.15) is 5.75 Å². The zero-order valence-electron chi connectivity index (χ0n) is 13.0. The Kier molecular flexibility index (Phi) is 4.37. The molecule has 120 valence electrons. The Bertz CT molecular complexity index is 908. The minimum absolute atomic E-state index is 0.267. The molecule has 0 saturated heterocycles. The molecular weight excluding hydrogens is 334 g/mol. The second-order valence-electron chi connectivity index (χ2n) is 5.24. The van der Waals surface area contributed by atoms with Crippen LogP contribution in [0.5, 0.6) is 5.75 Å². The Morgan fingerprint density at radius 1 is 1.35 bits per heavy atom. The number of pyridine rings is 1. The second-order valence-corrected chi connectivity index (χ2v) is 6.99. The van der Waals surface area contributed by atoms with Crippen LogP contribution in [0.4, 0.5) is 0 Å². The van der Waals surface area contributed by atoms with E-state index in [-0.39, 0.29) is 5.75 Å². The summed E-state index contributed by atoms with van der Waals surface area (Å²) in [4.78, 5) is 11.8. The van der Waals surface area contributed by atoms with Crippen LogP contribution < -0.4 is 4.74 Å². The minimum atomic E-state index is -1.33. The van der Waals surface area contributed by atoms with Crippen LogP contribution in [0.1, 0.15) is 16.8 Å². The van der Waals surface area contributed by atoms with Gasteiger partial charge in [0, 0.05) is 17.3 Å². The van der Waals surface area contributed by atoms with Gasteiger partial charge in [-0.2, -0.15) is 0 Å². The van der Waals surface area contributed by atoms with Crippen LogP contribution in [-0.4, -0.2) is 26.3 Å². The second kappa shape index (κ2) is 6.29. The normalized spacial score (nSPS) is 12.5. The van der Waals surface area contributed by atoms with Crippen molar-refractivity contribution in [1.82, 2.24) is 15.0 Å². The summed E-state index contributed by atoms with van der Waals surface area (Å²) in [5, 5.41) is 1.09. The number of aromatic nitrogens is 3. The van der Waals surface area contributed by atoms with Crippen LogP contribution in [0.2, 0.25) is 5.02 Å². The van der Waals surface area contributed by atoms with Gasteiger partial charge in [0.25, 0.3) is 0 Å². The molecule has 3 aromatic rings. The van der Waals surface area contributed by atoms with E-state index in [4.69, 9.17) is 16.3 Å². The third-order valence-electron chi connectivity index (χ3n) is 3.67. The van der Waals surface area contributed by atoms with Gasteiger partial charge in [0.15, 0.2) is 5.16 Å². The fourth-order valence-corrected chi connectivity index (χ4v) is 3.55. The Labute approximate surface area is 141 Å². The molecule has 0 fully saturated rings. The van der Waals surface area contributed by atoms with Crippen molar-refractivity contribution in [3.05, 3.63) is 46.2 Å². The molecule has 1 aromatic carbocycles. The van der Waals surface area contributed by atoms with Crippen LogP contribution in [0.15, 0.2) is 29.6 Å². The molecule has 2 heterocycles. The Hall–Kier alpha value is -1.92. The topological polar surface area (TPSA) is 67.9 Å². The van der Waals surface area contributed by atoms with E-state index in [9.17, 15) is 4.21 Å². The van der Waals surface area contributed by atoms with Gasteiger partial charge in [-0.05, 0) is 37.1 Å². The van der Waals surface area contributed by atoms with Gasteiger partial charge in [-0.1, -0.05) is 11.6 Å². The lowest BCUT2D eigenvalue weighted by molar-refractivity contribution is 0.415. The quantitative estimate of drug-likeness (QED) is 0.782. The first-order valence-corrected chi connectivity index (χ1v) is 8.72. The summed E-state index contributed by atoms with van der Waals surface area (Å²) in [6, 6.07) is 5.48. The maximum absolute atomic E-state index is 12.6. The van der Waals surface area contributed by atoms with Crippen molar-refractivity contribution in [3.8, 4) is 5.75 Å². The summed E-state index contributed by atoms with van der Waals surface area (Å²) < 4.78 is 17.8. The molecule has 0 radical (unpaired) electrons. The van der Waals surface area contributed by atoms with Crippen molar-refractivity contribution in [2.75, 3.05) is 7.11 Å². The standard InChI is InChI=1S/C16H16ClN3O2S/c1-9-7-18-14(10(2)15(9)17)8-23(21)16-19-12-5-4-11(22-3)6-13(12)20-16/h4-7H,8H2,1-3H3,(H,19,20)/t23-/m1/s1. The van der Waals surface area contributed by atoms with Crippen molar-refractivity contribution in [2.45, 2.75) is 24.8 Å². The highest BCUT2D eigenvalue weighted by Crippen LogP contribution is 2.24. The first-order valence-electron chi connectivity index (χ1n) is 7.02. The highest BCUT2D eigenvalue weighted by atomic mass is 35.5. The fourth-order valence-electron chi connectivity index (χ4n) is 2.29. The average molecular weight is 350 g/mol. The van der Waals surface area contributed by atoms with Gasteiger partial charge in [0.2, 0.25) is 0 Å². The minimum Gasteiger partial charge on any atom is -0.497 e. The van der Waals surface area contributed by atoms with Crippen molar-refractivity contribution in [1.29, 1.82) is 0 Å². The molecular formula is C16H16ClN3O2S. The molecule has 0 aliphatic carbocycles. The van der Waals surface area contributed by atoms with E-state index < -0.39 is 10.8 Å². The predicted octanol–water partition coefficient (Wildman–Crippen LogP) is 3.54. The van der Waals surface area contributed by atoms with Crippen molar-refractivity contribution < 1.29 is 8.95 Å². The zero-order chi connectivity index (χ0) is 16.6. The number of H-pyrrole nitrogens is 1. The predicted molar refractivity (Wildman–Crippen MR) is 91.5 cm³/mol. The number of aryl methyl sites for hydroxylation is 1. The number of nitrogens with one attached hydrogen (secondary N) is 1. The number of methoxy groups -OCH3 is 1. The third-order valence-corrected chi connectivity index (χ3v) is 5.41. The van der Waals surface area contributed by atoms with Gasteiger partial charge >= 0.3 is 0 Å². The highest BCUT2D eigenvalue weighted by Gasteiger charge is 2.15. The number of halogens is 1. The molecule has 0 unspecified atom stereocenters. The molecule has 0 saturated carbocycles. The summed E-state index contributed by atoms with van der Waals surface area (Å²) in [6.45, 7) is 3.79. The molecule has 5 nitrogen and oxygen atoms in total. The number of imidazole rings is 1. The van der Waals surface area contributed by atoms with Gasteiger partial charge in [-0.3, -0.25) is 9.19 Å². The zero-order valence-corrected chi connectivity index (χ0v) is 14.6. The van der Waals surface area contributed by atoms with Crippen LogP contribution in [0.3, 0.4) is 0 Å². The lowest BCUT2D eigenvalue weighted by Crippen LogP contribution is -2.03. The molecule has 3 rings (SSSR count). The number of fused-ring (bicyclic) bond motifs is 1. The Balaban J connectivity index is 1.90. The highest BCUT2D eigenvalue weighted by molar-refractivity contribution is 7.84. The van der Waals surface area contributed by atoms with E-state index in [2.05, 4.69) is 15.0 Å². The third kappa shape index (κ3) is 3.09. The van der Waals surface area contributed by atoms with E-state index in [0.717, 1.165) is 33.6 Å². The summed E-state index contributed by atoms with van der Waals surface area (Å²) in [5.41, 5.74) is 4.03. The van der Waals surface area contributed by atoms with Crippen LogP contribution >= 0.6 is 11.6 Å². The molecule has 1 atom stereocenters. The van der Waals surface area contributed by atoms with Crippen LogP contribution in [0, 0.1) is 13.8 Å². The van der Waals surface area contributed by atoms with Crippen molar-refractivity contribution in [2.24, 2.45) is 0 Å². The Morgan fingerprint density at radius 2 is 2.13 bits per heavy atom. The van der Waals surface area contributed by atoms with E-state index in [1.54, 1.807) is 13.3 Å². The first kappa shape index (κ1) is 16.0. The number of benzene rings is 1. The summed E-state index contributed by atoms with van der Waals surface area (Å²) in [6.07, 6.45) is 1.70. The lowest BCUT2D eigenvalue weighted by Gasteiger charge is -2.07. The maximum atomic E-state index is 12.6. The largest absolute Gasteiger partial charge is 0.497 e.